The number of methoxy groups -OCH3 is 1. The van der Waals surface area contributed by atoms with Crippen molar-refractivity contribution in [2.24, 2.45) is 0 Å². The van der Waals surface area contributed by atoms with E-state index in [-0.39, 0.29) is 5.91 Å². The second kappa shape index (κ2) is 12.6. The van der Waals surface area contributed by atoms with Crippen LogP contribution in [0.4, 0.5) is 0 Å². The summed E-state index contributed by atoms with van der Waals surface area (Å²) in [6.07, 6.45) is 5.95. The summed E-state index contributed by atoms with van der Waals surface area (Å²) >= 11 is 0. The van der Waals surface area contributed by atoms with Gasteiger partial charge in [-0.15, -0.1) is 0 Å². The van der Waals surface area contributed by atoms with Gasteiger partial charge in [0, 0.05) is 62.4 Å². The molecular formula is C27H39N5O4S. The molecule has 2 aromatic rings. The van der Waals surface area contributed by atoms with Crippen LogP contribution >= 0.6 is 0 Å². The molecule has 1 N–H and O–H groups in total. The molecule has 1 aromatic carbocycles. The van der Waals surface area contributed by atoms with Gasteiger partial charge in [-0.05, 0) is 38.4 Å². The summed E-state index contributed by atoms with van der Waals surface area (Å²) in [6, 6.07) is 7.51. The van der Waals surface area contributed by atoms with Crippen LogP contribution in [-0.2, 0) is 26.0 Å². The third-order valence-electron chi connectivity index (χ3n) is 7.79. The molecule has 1 amide bonds. The summed E-state index contributed by atoms with van der Waals surface area (Å²) < 4.78 is 23.1. The zero-order valence-corrected chi connectivity index (χ0v) is 22.6. The van der Waals surface area contributed by atoms with E-state index >= 15 is 0 Å². The summed E-state index contributed by atoms with van der Waals surface area (Å²) in [5, 5.41) is 7.17. The van der Waals surface area contributed by atoms with E-state index in [1.54, 1.807) is 4.90 Å². The molecule has 0 saturated carbocycles. The number of H-pyrrole nitrogens is 1. The molecule has 4 aliphatic heterocycles. The number of fused-ring (bicyclic) bond motifs is 3. The van der Waals surface area contributed by atoms with Crippen LogP contribution in [0.25, 0.3) is 11.3 Å². The predicted octanol–water partition coefficient (Wildman–Crippen LogP) is 2.36. The highest BCUT2D eigenvalue weighted by molar-refractivity contribution is 7.84. The quantitative estimate of drug-likeness (QED) is 0.636. The zero-order valence-electron chi connectivity index (χ0n) is 21.8. The predicted molar refractivity (Wildman–Crippen MR) is 143 cm³/mol. The van der Waals surface area contributed by atoms with Crippen molar-refractivity contribution in [3.05, 3.63) is 35.5 Å². The summed E-state index contributed by atoms with van der Waals surface area (Å²) in [5.74, 6) is 0.238. The maximum absolute atomic E-state index is 12.7. The van der Waals surface area contributed by atoms with Crippen LogP contribution in [-0.4, -0.2) is 114 Å². The van der Waals surface area contributed by atoms with E-state index in [4.69, 9.17) is 9.47 Å². The van der Waals surface area contributed by atoms with Crippen LogP contribution in [0, 0.1) is 0 Å². The van der Waals surface area contributed by atoms with E-state index in [1.165, 1.54) is 58.4 Å². The van der Waals surface area contributed by atoms with Gasteiger partial charge in [0.25, 0.3) is 5.91 Å². The molecule has 3 saturated heterocycles. The Morgan fingerprint density at radius 2 is 1.84 bits per heavy atom. The van der Waals surface area contributed by atoms with Crippen LogP contribution in [0.5, 0.6) is 0 Å². The van der Waals surface area contributed by atoms with Crippen LogP contribution in [0.2, 0.25) is 0 Å². The number of likely N-dealkylation sites (tertiary alicyclic amines) is 2. The normalized spacial score (nSPS) is 24.2. The van der Waals surface area contributed by atoms with Crippen molar-refractivity contribution in [2.45, 2.75) is 42.4 Å². The molecule has 0 spiro atoms. The molecule has 37 heavy (non-hydrogen) atoms. The highest BCUT2D eigenvalue weighted by Crippen LogP contribution is 2.36. The minimum absolute atomic E-state index is 0.0894. The second-order valence-corrected chi connectivity index (χ2v) is 11.6. The number of carbonyl (C=O) groups is 1. The second-order valence-electron chi connectivity index (χ2n) is 10.2. The molecule has 4 aliphatic rings. The largest absolute Gasteiger partial charge is 0.380 e. The molecule has 202 valence electrons. The van der Waals surface area contributed by atoms with Crippen molar-refractivity contribution in [1.29, 1.82) is 0 Å². The molecule has 1 aromatic heterocycles. The smallest absolute Gasteiger partial charge is 0.272 e. The maximum Gasteiger partial charge on any atom is 0.272 e. The van der Waals surface area contributed by atoms with Crippen LogP contribution in [0.3, 0.4) is 0 Å². The Bertz CT molecular complexity index is 1080. The van der Waals surface area contributed by atoms with Crippen LogP contribution < -0.4 is 0 Å². The Labute approximate surface area is 221 Å². The Morgan fingerprint density at radius 3 is 2.59 bits per heavy atom. The van der Waals surface area contributed by atoms with E-state index in [2.05, 4.69) is 20.0 Å². The first kappa shape index (κ1) is 26.5. The van der Waals surface area contributed by atoms with Gasteiger partial charge in [0.1, 0.15) is 5.69 Å². The Hall–Kier alpha value is -2.11. The number of aromatic amines is 1. The van der Waals surface area contributed by atoms with Crippen molar-refractivity contribution < 1.29 is 18.5 Å². The molecule has 10 heteroatoms. The van der Waals surface area contributed by atoms with Crippen molar-refractivity contribution in [3.8, 4) is 11.3 Å². The first-order chi connectivity index (χ1) is 18.1. The molecule has 5 heterocycles. The number of amides is 1. The topological polar surface area (TPSA) is 91.0 Å². The summed E-state index contributed by atoms with van der Waals surface area (Å²) in [4.78, 5) is 20.3. The lowest BCUT2D eigenvalue weighted by Gasteiger charge is -2.28. The monoisotopic (exact) mass is 529 g/mol. The lowest BCUT2D eigenvalue weighted by molar-refractivity contribution is 0.0298. The number of hydrogen-bond acceptors (Lipinski definition) is 7. The Morgan fingerprint density at radius 1 is 1.08 bits per heavy atom. The summed E-state index contributed by atoms with van der Waals surface area (Å²) in [7, 11) is 0.690. The Kier molecular flexibility index (Phi) is 9.04. The molecule has 3 fully saturated rings. The zero-order chi connectivity index (χ0) is 25.6. The third-order valence-corrected chi connectivity index (χ3v) is 9.18. The van der Waals surface area contributed by atoms with Gasteiger partial charge in [0.2, 0.25) is 0 Å². The van der Waals surface area contributed by atoms with Crippen molar-refractivity contribution in [2.75, 3.05) is 72.7 Å². The minimum atomic E-state index is -1.14. The number of carbonyl (C=O) groups excluding carboxylic acids is 1. The van der Waals surface area contributed by atoms with Crippen molar-refractivity contribution >= 4 is 16.7 Å². The molecule has 2 unspecified atom stereocenters. The minimum Gasteiger partial charge on any atom is -0.380 e. The van der Waals surface area contributed by atoms with Crippen LogP contribution in [0.1, 0.15) is 41.7 Å². The SMILES string of the molecule is COC1CCN(CCN2CCCCC2)C1.O=C(c1[nH]nc2c1CS(=O)c1ccccc1-2)N1CCOCC1. The molecule has 0 radical (unpaired) electrons. The standard InChI is InChI=1S/C15H15N3O3S.C12H24N2O/c19-15(18-5-7-21-8-6-18)14-11-9-22(20)12-4-2-1-3-10(12)13(11)16-17-14;1-15-12-5-8-14(11-12)10-9-13-6-3-2-4-7-13/h1-4H,5-9H2,(H,16,17);12H,2-11H2,1H3. The summed E-state index contributed by atoms with van der Waals surface area (Å²) in [5.41, 5.74) is 2.81. The van der Waals surface area contributed by atoms with E-state index in [0.717, 1.165) is 28.3 Å². The maximum atomic E-state index is 12.7. The van der Waals surface area contributed by atoms with Gasteiger partial charge >= 0.3 is 0 Å². The number of nitrogens with one attached hydrogen (secondary N) is 1. The van der Waals surface area contributed by atoms with Gasteiger partial charge in [-0.2, -0.15) is 5.10 Å². The van der Waals surface area contributed by atoms with Gasteiger partial charge in [0.15, 0.2) is 0 Å². The number of hydrogen-bond donors (Lipinski definition) is 1. The fourth-order valence-electron chi connectivity index (χ4n) is 5.56. The highest BCUT2D eigenvalue weighted by atomic mass is 32.2. The average molecular weight is 530 g/mol. The molecule has 2 atom stereocenters. The number of piperidine rings is 1. The number of aromatic nitrogens is 2. The molecular weight excluding hydrogens is 490 g/mol. The fourth-order valence-corrected chi connectivity index (χ4v) is 6.90. The average Bonchev–Trinajstić information content (AvgIpc) is 3.60. The lowest BCUT2D eigenvalue weighted by atomic mass is 10.1. The lowest BCUT2D eigenvalue weighted by Crippen LogP contribution is -2.41. The number of nitrogens with zero attached hydrogens (tertiary/aromatic N) is 4. The van der Waals surface area contributed by atoms with E-state index in [1.807, 2.05) is 31.4 Å². The number of ether oxygens (including phenoxy) is 2. The first-order valence-electron chi connectivity index (χ1n) is 13.5. The van der Waals surface area contributed by atoms with Gasteiger partial charge in [0.05, 0.1) is 41.6 Å². The molecule has 9 nitrogen and oxygen atoms in total. The van der Waals surface area contributed by atoms with E-state index < -0.39 is 10.8 Å². The molecule has 6 rings (SSSR count). The number of morpholine rings is 1. The van der Waals surface area contributed by atoms with Gasteiger partial charge in [-0.25, -0.2) is 0 Å². The first-order valence-corrected chi connectivity index (χ1v) is 14.9. The molecule has 0 aliphatic carbocycles. The summed E-state index contributed by atoms with van der Waals surface area (Å²) in [6.45, 7) is 9.77. The third kappa shape index (κ3) is 6.31. The van der Waals surface area contributed by atoms with Crippen molar-refractivity contribution in [3.63, 3.8) is 0 Å². The molecule has 0 bridgehead atoms. The highest BCUT2D eigenvalue weighted by Gasteiger charge is 2.31. The van der Waals surface area contributed by atoms with Gasteiger partial charge in [-0.1, -0.05) is 24.6 Å². The van der Waals surface area contributed by atoms with Gasteiger partial charge < -0.3 is 19.3 Å². The number of benzene rings is 1. The van der Waals surface area contributed by atoms with Gasteiger partial charge in [-0.3, -0.25) is 19.0 Å². The Balaban J connectivity index is 0.000000164. The fraction of sp³-hybridized carbons (Fsp3) is 0.630. The van der Waals surface area contributed by atoms with E-state index in [9.17, 15) is 9.00 Å². The van der Waals surface area contributed by atoms with Crippen molar-refractivity contribution in [1.82, 2.24) is 24.9 Å². The van der Waals surface area contributed by atoms with Crippen LogP contribution in [0.15, 0.2) is 29.2 Å². The number of rotatable bonds is 5. The van der Waals surface area contributed by atoms with E-state index in [0.29, 0.717) is 43.9 Å².